The number of nitrogens with one attached hydrogen (secondary N) is 2. The summed E-state index contributed by atoms with van der Waals surface area (Å²) >= 11 is 0. The molecule has 1 aliphatic rings. The van der Waals surface area contributed by atoms with Crippen molar-refractivity contribution in [3.63, 3.8) is 0 Å². The number of hydrogen-bond acceptors (Lipinski definition) is 4. The van der Waals surface area contributed by atoms with E-state index in [0.29, 0.717) is 30.4 Å². The van der Waals surface area contributed by atoms with E-state index in [1.807, 2.05) is 6.92 Å². The van der Waals surface area contributed by atoms with Gasteiger partial charge in [0.15, 0.2) is 5.96 Å². The maximum Gasteiger partial charge on any atom is 0.191 e. The van der Waals surface area contributed by atoms with Crippen molar-refractivity contribution in [1.82, 2.24) is 10.6 Å². The van der Waals surface area contributed by atoms with Gasteiger partial charge in [-0.3, -0.25) is 0 Å². The maximum absolute atomic E-state index is 10.3. The number of benzene rings is 1. The van der Waals surface area contributed by atoms with Crippen LogP contribution in [0.15, 0.2) is 23.2 Å². The Hall–Kier alpha value is -1.95. The van der Waals surface area contributed by atoms with Gasteiger partial charge in [-0.15, -0.1) is 0 Å². The first-order chi connectivity index (χ1) is 12.0. The fourth-order valence-electron chi connectivity index (χ4n) is 3.19. The summed E-state index contributed by atoms with van der Waals surface area (Å²) in [4.78, 5) is 4.56. The minimum Gasteiger partial charge on any atom is -0.508 e. The molecule has 0 radical (unpaired) electrons. The number of aliphatic hydroxyl groups excluding tert-OH is 1. The van der Waals surface area contributed by atoms with Crippen LogP contribution in [0, 0.1) is 5.41 Å². The van der Waals surface area contributed by atoms with Crippen molar-refractivity contribution < 1.29 is 14.9 Å². The second kappa shape index (κ2) is 8.94. The highest BCUT2D eigenvalue weighted by atomic mass is 16.5. The number of hydrogen-bond donors (Lipinski definition) is 4. The van der Waals surface area contributed by atoms with Gasteiger partial charge in [0.2, 0.25) is 0 Å². The van der Waals surface area contributed by atoms with Crippen LogP contribution >= 0.6 is 0 Å². The van der Waals surface area contributed by atoms with Crippen LogP contribution in [0.4, 0.5) is 0 Å². The number of nitrogens with zero attached hydrogens (tertiary/aromatic N) is 1. The highest BCUT2D eigenvalue weighted by Gasteiger charge is 2.35. The highest BCUT2D eigenvalue weighted by molar-refractivity contribution is 5.79. The van der Waals surface area contributed by atoms with Crippen LogP contribution in [0.2, 0.25) is 0 Å². The Labute approximate surface area is 150 Å². The zero-order chi connectivity index (χ0) is 18.3. The van der Waals surface area contributed by atoms with Gasteiger partial charge in [0.1, 0.15) is 11.5 Å². The molecule has 6 heteroatoms. The normalized spacial score (nSPS) is 24.0. The van der Waals surface area contributed by atoms with Gasteiger partial charge in [-0.25, -0.2) is 4.99 Å². The molecule has 0 aromatic heterocycles. The molecule has 0 aliphatic heterocycles. The van der Waals surface area contributed by atoms with E-state index in [1.165, 1.54) is 0 Å². The first-order valence-electron chi connectivity index (χ1n) is 9.04. The number of ether oxygens (including phenoxy) is 1. The van der Waals surface area contributed by atoms with Gasteiger partial charge in [0.05, 0.1) is 19.8 Å². The number of phenolic OH excluding ortho intramolecular Hbond substituents is 1. The molecule has 0 amide bonds. The van der Waals surface area contributed by atoms with Crippen LogP contribution in [0.5, 0.6) is 11.5 Å². The molecule has 1 aromatic rings. The van der Waals surface area contributed by atoms with Crippen LogP contribution in [0.3, 0.4) is 0 Å². The number of rotatable bonds is 6. The number of methoxy groups -OCH3 is 1. The van der Waals surface area contributed by atoms with E-state index in [1.54, 1.807) is 25.3 Å². The van der Waals surface area contributed by atoms with E-state index in [2.05, 4.69) is 22.5 Å². The quantitative estimate of drug-likeness (QED) is 0.468. The second-order valence-electron chi connectivity index (χ2n) is 6.96. The monoisotopic (exact) mass is 349 g/mol. The van der Waals surface area contributed by atoms with E-state index in [-0.39, 0.29) is 17.3 Å². The van der Waals surface area contributed by atoms with Gasteiger partial charge in [0.25, 0.3) is 0 Å². The molecule has 25 heavy (non-hydrogen) atoms. The second-order valence-corrected chi connectivity index (χ2v) is 6.96. The maximum atomic E-state index is 10.3. The zero-order valence-corrected chi connectivity index (χ0v) is 15.5. The molecule has 1 fully saturated rings. The van der Waals surface area contributed by atoms with E-state index in [4.69, 9.17) is 4.74 Å². The Kier molecular flexibility index (Phi) is 6.93. The van der Waals surface area contributed by atoms with Crippen molar-refractivity contribution in [3.8, 4) is 11.5 Å². The predicted octanol–water partition coefficient (Wildman–Crippen LogP) is 2.40. The third-order valence-corrected chi connectivity index (χ3v) is 4.98. The number of aromatic hydroxyl groups is 1. The molecule has 0 saturated heterocycles. The summed E-state index contributed by atoms with van der Waals surface area (Å²) < 4.78 is 5.20. The first-order valence-corrected chi connectivity index (χ1v) is 9.04. The zero-order valence-electron chi connectivity index (χ0n) is 15.5. The SMILES string of the molecule is CCNC(=NCc1cc(OC)ccc1O)NCC1(C)CCCCC1O. The van der Waals surface area contributed by atoms with Crippen molar-refractivity contribution >= 4 is 5.96 Å². The van der Waals surface area contributed by atoms with Crippen molar-refractivity contribution in [2.45, 2.75) is 52.2 Å². The van der Waals surface area contributed by atoms with Crippen molar-refractivity contribution in [2.75, 3.05) is 20.2 Å². The van der Waals surface area contributed by atoms with Crippen molar-refractivity contribution in [2.24, 2.45) is 10.4 Å². The first kappa shape index (κ1) is 19.4. The van der Waals surface area contributed by atoms with Gasteiger partial charge in [-0.2, -0.15) is 0 Å². The molecule has 0 spiro atoms. The minimum atomic E-state index is -0.279. The fraction of sp³-hybridized carbons (Fsp3) is 0.632. The number of phenols is 1. The summed E-state index contributed by atoms with van der Waals surface area (Å²) in [6.45, 7) is 5.90. The Morgan fingerprint density at radius 3 is 2.84 bits per heavy atom. The average molecular weight is 349 g/mol. The van der Waals surface area contributed by atoms with Gasteiger partial charge in [-0.1, -0.05) is 19.8 Å². The van der Waals surface area contributed by atoms with Gasteiger partial charge < -0.3 is 25.6 Å². The van der Waals surface area contributed by atoms with E-state index in [0.717, 1.165) is 32.2 Å². The topological polar surface area (TPSA) is 86.1 Å². The molecule has 140 valence electrons. The lowest BCUT2D eigenvalue weighted by molar-refractivity contribution is 0.00397. The van der Waals surface area contributed by atoms with E-state index >= 15 is 0 Å². The van der Waals surface area contributed by atoms with E-state index < -0.39 is 0 Å². The van der Waals surface area contributed by atoms with Gasteiger partial charge in [-0.05, 0) is 38.0 Å². The van der Waals surface area contributed by atoms with Crippen molar-refractivity contribution in [1.29, 1.82) is 0 Å². The number of guanidine groups is 1. The molecule has 1 saturated carbocycles. The summed E-state index contributed by atoms with van der Waals surface area (Å²) in [5, 5.41) is 26.9. The highest BCUT2D eigenvalue weighted by Crippen LogP contribution is 2.35. The summed E-state index contributed by atoms with van der Waals surface area (Å²) in [6, 6.07) is 5.12. The van der Waals surface area contributed by atoms with Gasteiger partial charge in [0, 0.05) is 24.1 Å². The average Bonchev–Trinajstić information content (AvgIpc) is 2.61. The molecule has 0 heterocycles. The van der Waals surface area contributed by atoms with Crippen molar-refractivity contribution in [3.05, 3.63) is 23.8 Å². The van der Waals surface area contributed by atoms with E-state index in [9.17, 15) is 10.2 Å². The number of aliphatic imine (C=N–C) groups is 1. The fourth-order valence-corrected chi connectivity index (χ4v) is 3.19. The van der Waals surface area contributed by atoms with Crippen LogP contribution < -0.4 is 15.4 Å². The van der Waals surface area contributed by atoms with Gasteiger partial charge >= 0.3 is 0 Å². The summed E-state index contributed by atoms with van der Waals surface area (Å²) in [5.41, 5.74) is 0.576. The lowest BCUT2D eigenvalue weighted by Crippen LogP contribution is -2.48. The third-order valence-electron chi connectivity index (χ3n) is 4.98. The molecular weight excluding hydrogens is 318 g/mol. The third kappa shape index (κ3) is 5.26. The molecular formula is C19H31N3O3. The minimum absolute atomic E-state index is 0.132. The van der Waals surface area contributed by atoms with Crippen LogP contribution in [0.1, 0.15) is 45.1 Å². The standard InChI is InChI=1S/C19H31N3O3/c1-4-20-18(22-13-19(2)10-6-5-7-17(19)24)21-12-14-11-15(25-3)8-9-16(14)23/h8-9,11,17,23-24H,4-7,10,12-13H2,1-3H3,(H2,20,21,22). The molecule has 1 aliphatic carbocycles. The summed E-state index contributed by atoms with van der Waals surface area (Å²) in [5.74, 6) is 1.58. The molecule has 4 N–H and O–H groups in total. The molecule has 2 rings (SSSR count). The lowest BCUT2D eigenvalue weighted by atomic mass is 9.73. The van der Waals surface area contributed by atoms with Crippen LogP contribution in [-0.2, 0) is 6.54 Å². The lowest BCUT2D eigenvalue weighted by Gasteiger charge is -2.38. The summed E-state index contributed by atoms with van der Waals surface area (Å²) in [7, 11) is 1.60. The molecule has 2 unspecified atom stereocenters. The van der Waals surface area contributed by atoms with Crippen LogP contribution in [-0.4, -0.2) is 42.5 Å². The molecule has 2 atom stereocenters. The largest absolute Gasteiger partial charge is 0.508 e. The number of aliphatic hydroxyl groups is 1. The Bertz CT molecular complexity index is 591. The Morgan fingerprint density at radius 2 is 2.16 bits per heavy atom. The van der Waals surface area contributed by atoms with Crippen LogP contribution in [0.25, 0.3) is 0 Å². The molecule has 0 bridgehead atoms. The Balaban J connectivity index is 2.03. The smallest absolute Gasteiger partial charge is 0.191 e. The molecule has 1 aromatic carbocycles. The Morgan fingerprint density at radius 1 is 1.36 bits per heavy atom. The predicted molar refractivity (Wildman–Crippen MR) is 100 cm³/mol. The summed E-state index contributed by atoms with van der Waals surface area (Å²) in [6.07, 6.45) is 3.85. The molecule has 6 nitrogen and oxygen atoms in total.